The molecule has 3 rings (SSSR count). The highest BCUT2D eigenvalue weighted by Crippen LogP contribution is 2.22. The van der Waals surface area contributed by atoms with E-state index in [1.807, 2.05) is 19.2 Å². The molecule has 2 N–H and O–H groups in total. The SMILES string of the molecule is Cc1cnc(NCc2ccc(-c3ccn[nH]3)cc2)c(Br)c1. The molecule has 0 amide bonds. The summed E-state index contributed by atoms with van der Waals surface area (Å²) in [6, 6.07) is 12.4. The smallest absolute Gasteiger partial charge is 0.140 e. The van der Waals surface area contributed by atoms with E-state index in [2.05, 4.69) is 66.8 Å². The fourth-order valence-electron chi connectivity index (χ4n) is 2.07. The molecule has 106 valence electrons. The first-order valence-electron chi connectivity index (χ1n) is 6.67. The molecule has 0 aliphatic heterocycles. The van der Waals surface area contributed by atoms with Gasteiger partial charge in [0.1, 0.15) is 5.82 Å². The lowest BCUT2D eigenvalue weighted by Gasteiger charge is -2.08. The van der Waals surface area contributed by atoms with Crippen LogP contribution in [0.2, 0.25) is 0 Å². The van der Waals surface area contributed by atoms with Crippen LogP contribution in [-0.2, 0) is 6.54 Å². The summed E-state index contributed by atoms with van der Waals surface area (Å²) < 4.78 is 0.983. The van der Waals surface area contributed by atoms with Gasteiger partial charge >= 0.3 is 0 Å². The minimum atomic E-state index is 0.734. The molecule has 3 aromatic rings. The zero-order valence-electron chi connectivity index (χ0n) is 11.6. The first kappa shape index (κ1) is 13.8. The molecule has 0 bridgehead atoms. The highest BCUT2D eigenvalue weighted by atomic mass is 79.9. The van der Waals surface area contributed by atoms with Crippen LogP contribution in [0, 0.1) is 6.92 Å². The van der Waals surface area contributed by atoms with Crippen LogP contribution in [0.1, 0.15) is 11.1 Å². The third-order valence-electron chi connectivity index (χ3n) is 3.20. The van der Waals surface area contributed by atoms with Gasteiger partial charge in [0.15, 0.2) is 0 Å². The molecule has 0 aliphatic carbocycles. The summed E-state index contributed by atoms with van der Waals surface area (Å²) >= 11 is 3.52. The van der Waals surface area contributed by atoms with E-state index in [4.69, 9.17) is 0 Å². The number of nitrogens with one attached hydrogen (secondary N) is 2. The number of rotatable bonds is 4. The Bertz CT molecular complexity index is 721. The minimum absolute atomic E-state index is 0.734. The molecule has 0 radical (unpaired) electrons. The lowest BCUT2D eigenvalue weighted by molar-refractivity contribution is 1.09. The summed E-state index contributed by atoms with van der Waals surface area (Å²) in [4.78, 5) is 4.38. The summed E-state index contributed by atoms with van der Waals surface area (Å²) in [5, 5.41) is 10.3. The molecule has 0 unspecified atom stereocenters. The van der Waals surface area contributed by atoms with Crippen molar-refractivity contribution in [1.29, 1.82) is 0 Å². The molecule has 0 atom stereocenters. The monoisotopic (exact) mass is 342 g/mol. The predicted octanol–water partition coefficient (Wildman–Crippen LogP) is 4.15. The van der Waals surface area contributed by atoms with Gasteiger partial charge in [0, 0.05) is 18.9 Å². The maximum absolute atomic E-state index is 4.38. The van der Waals surface area contributed by atoms with Crippen molar-refractivity contribution in [2.45, 2.75) is 13.5 Å². The van der Waals surface area contributed by atoms with Crippen molar-refractivity contribution in [3.8, 4) is 11.3 Å². The Balaban J connectivity index is 1.68. The third kappa shape index (κ3) is 3.31. The number of benzene rings is 1. The predicted molar refractivity (Wildman–Crippen MR) is 88.0 cm³/mol. The number of aromatic nitrogens is 3. The Labute approximate surface area is 131 Å². The van der Waals surface area contributed by atoms with Crippen LogP contribution in [0.25, 0.3) is 11.3 Å². The average molecular weight is 343 g/mol. The number of hydrogen-bond acceptors (Lipinski definition) is 3. The van der Waals surface area contributed by atoms with E-state index in [9.17, 15) is 0 Å². The van der Waals surface area contributed by atoms with Crippen molar-refractivity contribution in [2.75, 3.05) is 5.32 Å². The van der Waals surface area contributed by atoms with Crippen LogP contribution < -0.4 is 5.32 Å². The third-order valence-corrected chi connectivity index (χ3v) is 3.81. The van der Waals surface area contributed by atoms with E-state index >= 15 is 0 Å². The maximum Gasteiger partial charge on any atom is 0.140 e. The number of nitrogens with zero attached hydrogens (tertiary/aromatic N) is 2. The molecule has 5 heteroatoms. The van der Waals surface area contributed by atoms with Crippen LogP contribution in [0.3, 0.4) is 0 Å². The second kappa shape index (κ2) is 6.10. The first-order chi connectivity index (χ1) is 10.2. The van der Waals surface area contributed by atoms with Crippen molar-refractivity contribution < 1.29 is 0 Å². The molecule has 1 aromatic carbocycles. The zero-order chi connectivity index (χ0) is 14.7. The van der Waals surface area contributed by atoms with Gasteiger partial charge in [0.25, 0.3) is 0 Å². The van der Waals surface area contributed by atoms with Crippen molar-refractivity contribution in [3.05, 3.63) is 64.4 Å². The van der Waals surface area contributed by atoms with Crippen LogP contribution >= 0.6 is 15.9 Å². The molecule has 0 saturated heterocycles. The van der Waals surface area contributed by atoms with E-state index in [0.717, 1.165) is 33.7 Å². The average Bonchev–Trinajstić information content (AvgIpc) is 3.01. The van der Waals surface area contributed by atoms with Gasteiger partial charge in [0.2, 0.25) is 0 Å². The van der Waals surface area contributed by atoms with Gasteiger partial charge in [-0.2, -0.15) is 5.10 Å². The van der Waals surface area contributed by atoms with E-state index in [1.165, 1.54) is 5.56 Å². The molecular formula is C16H15BrN4. The standard InChI is InChI=1S/C16H15BrN4/c1-11-8-14(17)16(18-9-11)19-10-12-2-4-13(5-3-12)15-6-7-20-21-15/h2-9H,10H2,1H3,(H,18,19)(H,20,21). The molecule has 2 aromatic heterocycles. The lowest BCUT2D eigenvalue weighted by Crippen LogP contribution is -2.02. The largest absolute Gasteiger partial charge is 0.365 e. The fourth-order valence-corrected chi connectivity index (χ4v) is 2.67. The highest BCUT2D eigenvalue weighted by molar-refractivity contribution is 9.10. The topological polar surface area (TPSA) is 53.6 Å². The summed E-state index contributed by atoms with van der Waals surface area (Å²) in [6.07, 6.45) is 3.61. The van der Waals surface area contributed by atoms with Crippen LogP contribution in [0.4, 0.5) is 5.82 Å². The lowest BCUT2D eigenvalue weighted by atomic mass is 10.1. The quantitative estimate of drug-likeness (QED) is 0.748. The molecule has 0 spiro atoms. The molecule has 0 fully saturated rings. The number of pyridine rings is 1. The van der Waals surface area contributed by atoms with Crippen LogP contribution in [0.15, 0.2) is 53.3 Å². The fraction of sp³-hybridized carbons (Fsp3) is 0.125. The van der Waals surface area contributed by atoms with Gasteiger partial charge in [-0.25, -0.2) is 4.98 Å². The van der Waals surface area contributed by atoms with Crippen molar-refractivity contribution in [3.63, 3.8) is 0 Å². The summed E-state index contributed by atoms with van der Waals surface area (Å²) in [5.74, 6) is 0.859. The number of aryl methyl sites for hydroxylation is 1. The van der Waals surface area contributed by atoms with Crippen molar-refractivity contribution in [1.82, 2.24) is 15.2 Å². The van der Waals surface area contributed by atoms with E-state index < -0.39 is 0 Å². The second-order valence-electron chi connectivity index (χ2n) is 4.86. The number of anilines is 1. The van der Waals surface area contributed by atoms with Crippen LogP contribution in [-0.4, -0.2) is 15.2 Å². The molecule has 0 saturated carbocycles. The Morgan fingerprint density at radius 2 is 2.00 bits per heavy atom. The van der Waals surface area contributed by atoms with E-state index in [-0.39, 0.29) is 0 Å². The van der Waals surface area contributed by atoms with Gasteiger partial charge in [-0.1, -0.05) is 24.3 Å². The first-order valence-corrected chi connectivity index (χ1v) is 7.46. The highest BCUT2D eigenvalue weighted by Gasteiger charge is 2.02. The van der Waals surface area contributed by atoms with Gasteiger partial charge < -0.3 is 5.32 Å². The van der Waals surface area contributed by atoms with E-state index in [1.54, 1.807) is 6.20 Å². The van der Waals surface area contributed by atoms with Crippen molar-refractivity contribution in [2.24, 2.45) is 0 Å². The summed E-state index contributed by atoms with van der Waals surface area (Å²) in [6.45, 7) is 2.76. The normalized spacial score (nSPS) is 10.6. The molecule has 21 heavy (non-hydrogen) atoms. The second-order valence-corrected chi connectivity index (χ2v) is 5.72. The van der Waals surface area contributed by atoms with Gasteiger partial charge in [-0.15, -0.1) is 0 Å². The maximum atomic E-state index is 4.38. The Hall–Kier alpha value is -2.14. The number of hydrogen-bond donors (Lipinski definition) is 2. The molecule has 4 nitrogen and oxygen atoms in total. The Morgan fingerprint density at radius 1 is 1.19 bits per heavy atom. The van der Waals surface area contributed by atoms with Gasteiger partial charge in [-0.05, 0) is 51.7 Å². The number of H-pyrrole nitrogens is 1. The number of aromatic amines is 1. The van der Waals surface area contributed by atoms with Crippen molar-refractivity contribution >= 4 is 21.7 Å². The number of halogens is 1. The summed E-state index contributed by atoms with van der Waals surface area (Å²) in [5.41, 5.74) is 4.49. The Kier molecular flexibility index (Phi) is 4.01. The molecule has 2 heterocycles. The van der Waals surface area contributed by atoms with Gasteiger partial charge in [-0.3, -0.25) is 5.10 Å². The van der Waals surface area contributed by atoms with Crippen LogP contribution in [0.5, 0.6) is 0 Å². The minimum Gasteiger partial charge on any atom is -0.365 e. The zero-order valence-corrected chi connectivity index (χ0v) is 13.2. The molecule has 0 aliphatic rings. The summed E-state index contributed by atoms with van der Waals surface area (Å²) in [7, 11) is 0. The van der Waals surface area contributed by atoms with Gasteiger partial charge in [0.05, 0.1) is 10.2 Å². The van der Waals surface area contributed by atoms with E-state index in [0.29, 0.717) is 0 Å². The Morgan fingerprint density at radius 3 is 2.67 bits per heavy atom. The molecular weight excluding hydrogens is 328 g/mol.